The Morgan fingerprint density at radius 2 is 1.80 bits per heavy atom. The maximum atomic E-state index is 13.7. The number of carbonyl (C=O) groups is 1. The molecule has 0 unspecified atom stereocenters. The second-order valence-corrected chi connectivity index (χ2v) is 7.83. The van der Waals surface area contributed by atoms with Crippen molar-refractivity contribution in [2.45, 2.75) is 6.04 Å². The number of fused-ring (bicyclic) bond motifs is 2. The lowest BCUT2D eigenvalue weighted by Gasteiger charge is -2.29. The van der Waals surface area contributed by atoms with Crippen LogP contribution in [0.4, 0.5) is 0 Å². The van der Waals surface area contributed by atoms with Crippen molar-refractivity contribution in [2.75, 3.05) is 26.7 Å². The van der Waals surface area contributed by atoms with Crippen LogP contribution in [0.3, 0.4) is 0 Å². The van der Waals surface area contributed by atoms with E-state index in [1.165, 1.54) is 0 Å². The van der Waals surface area contributed by atoms with Crippen molar-refractivity contribution in [1.82, 2.24) is 15.2 Å². The molecule has 0 bridgehead atoms. The molecule has 30 heavy (non-hydrogen) atoms. The average Bonchev–Trinajstić information content (AvgIpc) is 3.35. The second-order valence-electron chi connectivity index (χ2n) is 7.83. The highest BCUT2D eigenvalue weighted by Crippen LogP contribution is 2.43. The summed E-state index contributed by atoms with van der Waals surface area (Å²) in [5.74, 6) is 1.58. The van der Waals surface area contributed by atoms with E-state index in [9.17, 15) is 9.59 Å². The van der Waals surface area contributed by atoms with E-state index in [1.54, 1.807) is 19.4 Å². The smallest absolute Gasteiger partial charge is 0.256 e. The number of nitrogens with zero attached hydrogens (tertiary/aromatic N) is 1. The van der Waals surface area contributed by atoms with Gasteiger partial charge in [0.15, 0.2) is 0 Å². The summed E-state index contributed by atoms with van der Waals surface area (Å²) in [4.78, 5) is 30.6. The first kappa shape index (κ1) is 20.4. The summed E-state index contributed by atoms with van der Waals surface area (Å²) < 4.78 is 5.29. The van der Waals surface area contributed by atoms with Gasteiger partial charge in [0, 0.05) is 42.5 Å². The topological polar surface area (TPSA) is 74.4 Å². The van der Waals surface area contributed by atoms with E-state index in [4.69, 9.17) is 4.74 Å². The van der Waals surface area contributed by atoms with Gasteiger partial charge < -0.3 is 19.9 Å². The predicted molar refractivity (Wildman–Crippen MR) is 118 cm³/mol. The van der Waals surface area contributed by atoms with Crippen LogP contribution in [0.25, 0.3) is 10.8 Å². The first-order valence-electron chi connectivity index (χ1n) is 9.93. The van der Waals surface area contributed by atoms with Crippen molar-refractivity contribution >= 4 is 29.1 Å². The van der Waals surface area contributed by atoms with Gasteiger partial charge in [0.1, 0.15) is 5.75 Å². The highest BCUT2D eigenvalue weighted by Gasteiger charge is 2.47. The molecular weight excluding hydrogens is 402 g/mol. The molecule has 156 valence electrons. The Morgan fingerprint density at radius 3 is 2.53 bits per heavy atom. The first-order chi connectivity index (χ1) is 14.2. The molecule has 2 N–H and O–H groups in total. The van der Waals surface area contributed by atoms with Gasteiger partial charge in [0.05, 0.1) is 18.7 Å². The predicted octanol–water partition coefficient (Wildman–Crippen LogP) is 2.99. The lowest BCUT2D eigenvalue weighted by atomic mass is 9.89. The van der Waals surface area contributed by atoms with E-state index >= 15 is 0 Å². The van der Waals surface area contributed by atoms with Crippen LogP contribution in [0.1, 0.15) is 22.0 Å². The van der Waals surface area contributed by atoms with Crippen molar-refractivity contribution in [2.24, 2.45) is 11.8 Å². The number of aromatic amines is 1. The van der Waals surface area contributed by atoms with Crippen LogP contribution in [-0.2, 0) is 0 Å². The van der Waals surface area contributed by atoms with E-state index in [2.05, 4.69) is 22.4 Å². The number of nitrogens with one attached hydrogen (secondary N) is 2. The van der Waals surface area contributed by atoms with Crippen molar-refractivity contribution in [1.29, 1.82) is 0 Å². The number of benzene rings is 2. The number of hydrogen-bond donors (Lipinski definition) is 2. The zero-order valence-corrected chi connectivity index (χ0v) is 17.4. The van der Waals surface area contributed by atoms with Crippen LogP contribution < -0.4 is 15.6 Å². The summed E-state index contributed by atoms with van der Waals surface area (Å²) in [6.07, 6.45) is 1.56. The molecular formula is C23H24ClN3O3. The molecule has 2 aromatic carbocycles. The van der Waals surface area contributed by atoms with Gasteiger partial charge in [0.2, 0.25) is 0 Å². The molecule has 3 heterocycles. The number of methoxy groups -OCH3 is 1. The van der Waals surface area contributed by atoms with Gasteiger partial charge in [0.25, 0.3) is 11.5 Å². The highest BCUT2D eigenvalue weighted by atomic mass is 35.5. The molecule has 3 atom stereocenters. The molecule has 2 aliphatic rings. The molecule has 7 heteroatoms. The van der Waals surface area contributed by atoms with Gasteiger partial charge in [-0.1, -0.05) is 30.3 Å². The normalized spacial score (nSPS) is 22.6. The Hall–Kier alpha value is -2.83. The van der Waals surface area contributed by atoms with Gasteiger partial charge in [-0.05, 0) is 29.7 Å². The van der Waals surface area contributed by atoms with Gasteiger partial charge in [-0.15, -0.1) is 12.4 Å². The van der Waals surface area contributed by atoms with Gasteiger partial charge in [-0.2, -0.15) is 0 Å². The van der Waals surface area contributed by atoms with Crippen molar-refractivity contribution in [3.05, 3.63) is 76.2 Å². The van der Waals surface area contributed by atoms with Crippen LogP contribution >= 0.6 is 12.4 Å². The van der Waals surface area contributed by atoms with Gasteiger partial charge in [-0.25, -0.2) is 0 Å². The molecule has 2 fully saturated rings. The Balaban J connectivity index is 0.00000218. The van der Waals surface area contributed by atoms with Gasteiger partial charge >= 0.3 is 0 Å². The zero-order valence-electron chi connectivity index (χ0n) is 16.6. The van der Waals surface area contributed by atoms with Crippen molar-refractivity contribution in [3.63, 3.8) is 0 Å². The largest absolute Gasteiger partial charge is 0.497 e. The quantitative estimate of drug-likeness (QED) is 0.676. The van der Waals surface area contributed by atoms with Crippen LogP contribution in [0, 0.1) is 11.8 Å². The lowest BCUT2D eigenvalue weighted by Crippen LogP contribution is -2.35. The number of H-pyrrole nitrogens is 1. The lowest BCUT2D eigenvalue weighted by molar-refractivity contribution is 0.0715. The third-order valence-corrected chi connectivity index (χ3v) is 6.32. The van der Waals surface area contributed by atoms with E-state index < -0.39 is 0 Å². The number of aromatic nitrogens is 1. The Morgan fingerprint density at radius 1 is 1.07 bits per heavy atom. The monoisotopic (exact) mass is 425 g/mol. The summed E-state index contributed by atoms with van der Waals surface area (Å²) >= 11 is 0. The fraction of sp³-hybridized carbons (Fsp3) is 0.304. The SMILES string of the molecule is COc1ccc([C@@H]2[C@H]3CNC[C@H]3CN2C(=O)c2c[nH]c(=O)c3ccccc23)cc1.Cl. The summed E-state index contributed by atoms with van der Waals surface area (Å²) in [6, 6.07) is 15.3. The maximum absolute atomic E-state index is 13.7. The average molecular weight is 426 g/mol. The van der Waals surface area contributed by atoms with Crippen LogP contribution in [-0.4, -0.2) is 42.5 Å². The summed E-state index contributed by atoms with van der Waals surface area (Å²) in [7, 11) is 1.65. The Kier molecular flexibility index (Phi) is 5.54. The van der Waals surface area contributed by atoms with E-state index in [0.717, 1.165) is 24.4 Å². The standard InChI is InChI=1S/C23H23N3O3.ClH/c1-29-16-8-6-14(7-9-16)21-19-11-24-10-15(19)13-26(21)23(28)20-12-25-22(27)18-5-3-2-4-17(18)20;/h2-9,12,15,19,21,24H,10-11,13H2,1H3,(H,25,27);1H/t15-,19-,21+;/m0./s1. The molecule has 2 saturated heterocycles. The number of halogens is 1. The highest BCUT2D eigenvalue weighted by molar-refractivity contribution is 6.06. The van der Waals surface area contributed by atoms with Crippen LogP contribution in [0.2, 0.25) is 0 Å². The van der Waals surface area contributed by atoms with Crippen molar-refractivity contribution in [3.8, 4) is 5.75 Å². The summed E-state index contributed by atoms with van der Waals surface area (Å²) in [5.41, 5.74) is 1.49. The Labute approximate surface area is 180 Å². The molecule has 0 radical (unpaired) electrons. The van der Waals surface area contributed by atoms with Crippen LogP contribution in [0.5, 0.6) is 5.75 Å². The van der Waals surface area contributed by atoms with Crippen molar-refractivity contribution < 1.29 is 9.53 Å². The minimum atomic E-state index is -0.175. The minimum Gasteiger partial charge on any atom is -0.497 e. The third-order valence-electron chi connectivity index (χ3n) is 6.32. The molecule has 3 aromatic rings. The third kappa shape index (κ3) is 3.26. The van der Waals surface area contributed by atoms with Crippen LogP contribution in [0.15, 0.2) is 59.5 Å². The van der Waals surface area contributed by atoms with Gasteiger partial charge in [-0.3, -0.25) is 9.59 Å². The molecule has 0 aliphatic carbocycles. The number of rotatable bonds is 3. The number of carbonyl (C=O) groups excluding carboxylic acids is 1. The molecule has 0 spiro atoms. The fourth-order valence-electron chi connectivity index (χ4n) is 4.90. The molecule has 5 rings (SSSR count). The zero-order chi connectivity index (χ0) is 20.0. The van der Waals surface area contributed by atoms with E-state index in [0.29, 0.717) is 34.7 Å². The number of ether oxygens (including phenoxy) is 1. The van der Waals surface area contributed by atoms with E-state index in [1.807, 2.05) is 35.2 Å². The minimum absolute atomic E-state index is 0. The number of hydrogen-bond acceptors (Lipinski definition) is 4. The first-order valence-corrected chi connectivity index (χ1v) is 9.93. The molecule has 1 amide bonds. The fourth-order valence-corrected chi connectivity index (χ4v) is 4.90. The molecule has 6 nitrogen and oxygen atoms in total. The molecule has 1 aromatic heterocycles. The number of likely N-dealkylation sites (tertiary alicyclic amines) is 1. The summed E-state index contributed by atoms with van der Waals surface area (Å²) in [6.45, 7) is 2.53. The second kappa shape index (κ2) is 8.13. The number of amides is 1. The molecule has 2 aliphatic heterocycles. The maximum Gasteiger partial charge on any atom is 0.256 e. The number of pyridine rings is 1. The Bertz CT molecular complexity index is 1130. The molecule has 0 saturated carbocycles. The summed E-state index contributed by atoms with van der Waals surface area (Å²) in [5, 5.41) is 4.71. The van der Waals surface area contributed by atoms with E-state index in [-0.39, 0.29) is 29.9 Å².